The quantitative estimate of drug-likeness (QED) is 0.745. The summed E-state index contributed by atoms with van der Waals surface area (Å²) in [5.41, 5.74) is 0. The van der Waals surface area contributed by atoms with Gasteiger partial charge in [0, 0.05) is 6.04 Å². The van der Waals surface area contributed by atoms with Crippen LogP contribution in [0.4, 0.5) is 0 Å². The standard InChI is InChI=1S/C12H18BrNOS/c1-4-9(3)14(5-2)8-10(15)11-6-7-12(13)16-11/h6-7,9H,4-5,8H2,1-3H3. The fourth-order valence-corrected chi connectivity index (χ4v) is 2.88. The van der Waals surface area contributed by atoms with Crippen LogP contribution in [0.3, 0.4) is 0 Å². The molecule has 0 fully saturated rings. The summed E-state index contributed by atoms with van der Waals surface area (Å²) >= 11 is 4.89. The van der Waals surface area contributed by atoms with Gasteiger partial charge in [-0.05, 0) is 48.0 Å². The van der Waals surface area contributed by atoms with Crippen molar-refractivity contribution < 1.29 is 4.79 Å². The lowest BCUT2D eigenvalue weighted by Crippen LogP contribution is -2.36. The Bertz CT molecular complexity index is 351. The van der Waals surface area contributed by atoms with Crippen molar-refractivity contribution in [2.75, 3.05) is 13.1 Å². The van der Waals surface area contributed by atoms with Crippen molar-refractivity contribution in [3.63, 3.8) is 0 Å². The van der Waals surface area contributed by atoms with Crippen LogP contribution in [0.1, 0.15) is 36.9 Å². The number of hydrogen-bond acceptors (Lipinski definition) is 3. The molecule has 0 N–H and O–H groups in total. The van der Waals surface area contributed by atoms with Gasteiger partial charge in [0.2, 0.25) is 0 Å². The molecule has 1 aromatic heterocycles. The summed E-state index contributed by atoms with van der Waals surface area (Å²) in [5.74, 6) is 0.220. The molecule has 0 aliphatic carbocycles. The number of thiophene rings is 1. The Labute approximate surface area is 110 Å². The molecule has 1 unspecified atom stereocenters. The largest absolute Gasteiger partial charge is 0.293 e. The van der Waals surface area contributed by atoms with E-state index in [2.05, 4.69) is 41.6 Å². The van der Waals surface area contributed by atoms with Crippen molar-refractivity contribution in [3.8, 4) is 0 Å². The lowest BCUT2D eigenvalue weighted by atomic mass is 10.2. The molecule has 0 saturated carbocycles. The van der Waals surface area contributed by atoms with Gasteiger partial charge in [-0.2, -0.15) is 0 Å². The number of nitrogens with zero attached hydrogens (tertiary/aromatic N) is 1. The Morgan fingerprint density at radius 2 is 2.19 bits per heavy atom. The van der Waals surface area contributed by atoms with E-state index in [1.165, 1.54) is 11.3 Å². The summed E-state index contributed by atoms with van der Waals surface area (Å²) in [6.07, 6.45) is 1.08. The maximum absolute atomic E-state index is 12.0. The zero-order valence-corrected chi connectivity index (χ0v) is 12.4. The average molecular weight is 304 g/mol. The third kappa shape index (κ3) is 3.68. The van der Waals surface area contributed by atoms with Gasteiger partial charge in [-0.15, -0.1) is 11.3 Å². The molecule has 0 aliphatic rings. The van der Waals surface area contributed by atoms with E-state index >= 15 is 0 Å². The first kappa shape index (κ1) is 13.9. The highest BCUT2D eigenvalue weighted by atomic mass is 79.9. The lowest BCUT2D eigenvalue weighted by Gasteiger charge is -2.25. The normalized spacial score (nSPS) is 13.1. The van der Waals surface area contributed by atoms with E-state index in [0.29, 0.717) is 12.6 Å². The van der Waals surface area contributed by atoms with Gasteiger partial charge in [0.25, 0.3) is 0 Å². The third-order valence-electron chi connectivity index (χ3n) is 2.82. The molecule has 0 aliphatic heterocycles. The maximum atomic E-state index is 12.0. The van der Waals surface area contributed by atoms with Gasteiger partial charge in [-0.1, -0.05) is 13.8 Å². The first-order chi connectivity index (χ1) is 7.58. The van der Waals surface area contributed by atoms with Crippen LogP contribution in [0.15, 0.2) is 15.9 Å². The summed E-state index contributed by atoms with van der Waals surface area (Å²) in [5, 5.41) is 0. The average Bonchev–Trinajstić information content (AvgIpc) is 2.71. The van der Waals surface area contributed by atoms with Gasteiger partial charge in [0.05, 0.1) is 15.2 Å². The van der Waals surface area contributed by atoms with Gasteiger partial charge in [-0.25, -0.2) is 0 Å². The maximum Gasteiger partial charge on any atom is 0.186 e. The molecular weight excluding hydrogens is 286 g/mol. The van der Waals surface area contributed by atoms with E-state index in [1.54, 1.807) is 0 Å². The predicted octanol–water partition coefficient (Wildman–Crippen LogP) is 3.81. The molecular formula is C12H18BrNOS. The van der Waals surface area contributed by atoms with Gasteiger partial charge in [-0.3, -0.25) is 9.69 Å². The summed E-state index contributed by atoms with van der Waals surface area (Å²) in [6.45, 7) is 7.87. The van der Waals surface area contributed by atoms with Crippen molar-refractivity contribution in [2.24, 2.45) is 0 Å². The molecule has 16 heavy (non-hydrogen) atoms. The smallest absolute Gasteiger partial charge is 0.186 e. The van der Waals surface area contributed by atoms with E-state index in [0.717, 1.165) is 21.6 Å². The molecule has 1 rings (SSSR count). The van der Waals surface area contributed by atoms with Gasteiger partial charge >= 0.3 is 0 Å². The van der Waals surface area contributed by atoms with Crippen LogP contribution in [0, 0.1) is 0 Å². The van der Waals surface area contributed by atoms with Crippen LogP contribution in [0.2, 0.25) is 0 Å². The number of ketones is 1. The molecule has 2 nitrogen and oxygen atoms in total. The highest BCUT2D eigenvalue weighted by molar-refractivity contribution is 9.11. The van der Waals surface area contributed by atoms with E-state index in [4.69, 9.17) is 0 Å². The van der Waals surface area contributed by atoms with Crippen molar-refractivity contribution in [1.82, 2.24) is 4.90 Å². The molecule has 1 aromatic rings. The molecule has 1 heterocycles. The second kappa shape index (κ2) is 6.52. The Kier molecular flexibility index (Phi) is 5.66. The fraction of sp³-hybridized carbons (Fsp3) is 0.583. The van der Waals surface area contributed by atoms with Crippen molar-refractivity contribution in [3.05, 3.63) is 20.8 Å². The summed E-state index contributed by atoms with van der Waals surface area (Å²) < 4.78 is 1.02. The van der Waals surface area contributed by atoms with E-state index < -0.39 is 0 Å². The van der Waals surface area contributed by atoms with Crippen molar-refractivity contribution in [2.45, 2.75) is 33.2 Å². The number of carbonyl (C=O) groups is 1. The molecule has 1 atom stereocenters. The van der Waals surface area contributed by atoms with Crippen LogP contribution < -0.4 is 0 Å². The Hall–Kier alpha value is -0.190. The summed E-state index contributed by atoms with van der Waals surface area (Å²) in [6, 6.07) is 4.29. The first-order valence-electron chi connectivity index (χ1n) is 5.61. The van der Waals surface area contributed by atoms with Crippen LogP contribution in [0.25, 0.3) is 0 Å². The third-order valence-corrected chi connectivity index (χ3v) is 4.48. The molecule has 0 bridgehead atoms. The minimum absolute atomic E-state index is 0.220. The van der Waals surface area contributed by atoms with Gasteiger partial charge < -0.3 is 0 Å². The number of rotatable bonds is 6. The number of hydrogen-bond donors (Lipinski definition) is 0. The Morgan fingerprint density at radius 3 is 2.62 bits per heavy atom. The predicted molar refractivity (Wildman–Crippen MR) is 73.3 cm³/mol. The SMILES string of the molecule is CCC(C)N(CC)CC(=O)c1ccc(Br)s1. The molecule has 0 saturated heterocycles. The molecule has 0 aromatic carbocycles. The zero-order valence-electron chi connectivity index (χ0n) is 10.00. The fourth-order valence-electron chi connectivity index (χ4n) is 1.56. The van der Waals surface area contributed by atoms with Crippen LogP contribution >= 0.6 is 27.3 Å². The molecule has 0 spiro atoms. The van der Waals surface area contributed by atoms with E-state index in [-0.39, 0.29) is 5.78 Å². The minimum Gasteiger partial charge on any atom is -0.293 e. The highest BCUT2D eigenvalue weighted by Gasteiger charge is 2.16. The number of halogens is 1. The molecule has 4 heteroatoms. The van der Waals surface area contributed by atoms with Gasteiger partial charge in [0.15, 0.2) is 5.78 Å². The topological polar surface area (TPSA) is 20.3 Å². The first-order valence-corrected chi connectivity index (χ1v) is 7.22. The van der Waals surface area contributed by atoms with Crippen molar-refractivity contribution >= 4 is 33.0 Å². The van der Waals surface area contributed by atoms with Gasteiger partial charge in [0.1, 0.15) is 0 Å². The minimum atomic E-state index is 0.220. The number of carbonyl (C=O) groups excluding carboxylic acids is 1. The second-order valence-corrected chi connectivity index (χ2v) is 6.31. The number of Topliss-reactive ketones (excluding diaryl/α,β-unsaturated/α-hetero) is 1. The number of likely N-dealkylation sites (N-methyl/N-ethyl adjacent to an activating group) is 1. The Balaban J connectivity index is 2.62. The molecule has 90 valence electrons. The Morgan fingerprint density at radius 1 is 1.50 bits per heavy atom. The van der Waals surface area contributed by atoms with Crippen LogP contribution in [-0.4, -0.2) is 29.8 Å². The van der Waals surface area contributed by atoms with Crippen LogP contribution in [0.5, 0.6) is 0 Å². The summed E-state index contributed by atoms with van der Waals surface area (Å²) in [7, 11) is 0. The lowest BCUT2D eigenvalue weighted by molar-refractivity contribution is 0.0906. The zero-order chi connectivity index (χ0) is 12.1. The molecule has 0 amide bonds. The van der Waals surface area contributed by atoms with Crippen LogP contribution in [-0.2, 0) is 0 Å². The van der Waals surface area contributed by atoms with E-state index in [1.807, 2.05) is 12.1 Å². The van der Waals surface area contributed by atoms with E-state index in [9.17, 15) is 4.79 Å². The molecule has 0 radical (unpaired) electrons. The monoisotopic (exact) mass is 303 g/mol. The van der Waals surface area contributed by atoms with Crippen molar-refractivity contribution in [1.29, 1.82) is 0 Å². The highest BCUT2D eigenvalue weighted by Crippen LogP contribution is 2.22. The second-order valence-electron chi connectivity index (χ2n) is 3.85. The summed E-state index contributed by atoms with van der Waals surface area (Å²) in [4.78, 5) is 15.1.